The lowest BCUT2D eigenvalue weighted by molar-refractivity contribution is 0.102. The van der Waals surface area contributed by atoms with Crippen LogP contribution in [0.5, 0.6) is 0 Å². The molecule has 0 aliphatic rings. The van der Waals surface area contributed by atoms with Gasteiger partial charge < -0.3 is 5.32 Å². The summed E-state index contributed by atoms with van der Waals surface area (Å²) in [5.41, 5.74) is 3.16. The predicted molar refractivity (Wildman–Crippen MR) is 118 cm³/mol. The fraction of sp³-hybridized carbons (Fsp3) is 0.0952. The van der Waals surface area contributed by atoms with Crippen molar-refractivity contribution in [3.8, 4) is 0 Å². The van der Waals surface area contributed by atoms with E-state index < -0.39 is 10.0 Å². The van der Waals surface area contributed by atoms with E-state index in [9.17, 15) is 13.2 Å². The van der Waals surface area contributed by atoms with Crippen LogP contribution in [0.3, 0.4) is 0 Å². The van der Waals surface area contributed by atoms with Crippen LogP contribution in [0.2, 0.25) is 10.0 Å². The van der Waals surface area contributed by atoms with Crippen LogP contribution < -0.4 is 10.0 Å². The second kappa shape index (κ2) is 8.45. The van der Waals surface area contributed by atoms with Gasteiger partial charge in [-0.05, 0) is 73.5 Å². The molecule has 0 atom stereocenters. The zero-order valence-corrected chi connectivity index (χ0v) is 18.0. The Labute approximate surface area is 179 Å². The molecule has 0 saturated heterocycles. The van der Waals surface area contributed by atoms with Crippen molar-refractivity contribution < 1.29 is 13.2 Å². The Morgan fingerprint density at radius 2 is 1.62 bits per heavy atom. The van der Waals surface area contributed by atoms with E-state index in [0.717, 1.165) is 11.1 Å². The summed E-state index contributed by atoms with van der Waals surface area (Å²) in [4.78, 5) is 12.4. The first-order valence-electron chi connectivity index (χ1n) is 8.62. The lowest BCUT2D eigenvalue weighted by atomic mass is 10.1. The molecular formula is C21H18Cl2N2O3S. The third kappa shape index (κ3) is 5.09. The van der Waals surface area contributed by atoms with E-state index in [2.05, 4.69) is 10.0 Å². The smallest absolute Gasteiger partial charge is 0.263 e. The highest BCUT2D eigenvalue weighted by atomic mass is 35.5. The number of amides is 1. The van der Waals surface area contributed by atoms with Gasteiger partial charge in [0.1, 0.15) is 4.90 Å². The average molecular weight is 449 g/mol. The van der Waals surface area contributed by atoms with E-state index in [1.807, 2.05) is 19.9 Å². The van der Waals surface area contributed by atoms with Gasteiger partial charge in [-0.1, -0.05) is 35.3 Å². The number of carbonyl (C=O) groups excluding carboxylic acids is 1. The lowest BCUT2D eigenvalue weighted by Gasteiger charge is -2.12. The predicted octanol–water partition coefficient (Wildman–Crippen LogP) is 5.66. The van der Waals surface area contributed by atoms with Crippen molar-refractivity contribution in [2.24, 2.45) is 0 Å². The molecule has 0 saturated carbocycles. The average Bonchev–Trinajstić information content (AvgIpc) is 2.65. The molecule has 0 fully saturated rings. The number of aryl methyl sites for hydroxylation is 2. The fourth-order valence-corrected chi connectivity index (χ4v) is 4.40. The van der Waals surface area contributed by atoms with Crippen molar-refractivity contribution in [2.75, 3.05) is 10.0 Å². The molecule has 3 aromatic rings. The number of benzene rings is 3. The molecule has 8 heteroatoms. The van der Waals surface area contributed by atoms with Gasteiger partial charge >= 0.3 is 0 Å². The molecule has 2 N–H and O–H groups in total. The second-order valence-corrected chi connectivity index (χ2v) is 9.01. The summed E-state index contributed by atoms with van der Waals surface area (Å²) in [7, 11) is -3.99. The van der Waals surface area contributed by atoms with E-state index in [1.165, 1.54) is 18.2 Å². The van der Waals surface area contributed by atoms with Crippen molar-refractivity contribution in [2.45, 2.75) is 18.7 Å². The lowest BCUT2D eigenvalue weighted by Crippen LogP contribution is -2.15. The molecule has 3 rings (SSSR count). The van der Waals surface area contributed by atoms with Gasteiger partial charge in [-0.15, -0.1) is 0 Å². The molecule has 0 aromatic heterocycles. The van der Waals surface area contributed by atoms with Gasteiger partial charge in [0.05, 0.1) is 10.7 Å². The topological polar surface area (TPSA) is 75.3 Å². The third-order valence-electron chi connectivity index (χ3n) is 4.32. The molecule has 0 unspecified atom stereocenters. The minimum absolute atomic E-state index is 0.0312. The number of nitrogens with one attached hydrogen (secondary N) is 2. The van der Waals surface area contributed by atoms with Crippen LogP contribution in [0.15, 0.2) is 65.6 Å². The molecule has 0 bridgehead atoms. The molecule has 3 aromatic carbocycles. The normalized spacial score (nSPS) is 11.2. The third-order valence-corrected chi connectivity index (χ3v) is 6.42. The maximum atomic E-state index is 12.8. The highest BCUT2D eigenvalue weighted by Crippen LogP contribution is 2.28. The standard InChI is InChI=1S/C21H18Cl2N2O3S/c1-13-6-7-15(10-14(13)2)21(26)24-17-8-9-19(23)20(12-17)29(27,28)25-18-5-3-4-16(22)11-18/h3-12,25H,1-2H3,(H,24,26). The SMILES string of the molecule is Cc1ccc(C(=O)Nc2ccc(Cl)c(S(=O)(=O)Nc3cccc(Cl)c3)c2)cc1C. The Kier molecular flexibility index (Phi) is 6.17. The molecule has 0 spiro atoms. The number of anilines is 2. The van der Waals surface area contributed by atoms with E-state index >= 15 is 0 Å². The van der Waals surface area contributed by atoms with Gasteiger partial charge in [-0.2, -0.15) is 0 Å². The fourth-order valence-electron chi connectivity index (χ4n) is 2.64. The van der Waals surface area contributed by atoms with Crippen molar-refractivity contribution in [3.63, 3.8) is 0 Å². The maximum absolute atomic E-state index is 12.8. The Bertz CT molecular complexity index is 1190. The number of halogens is 2. The first-order valence-corrected chi connectivity index (χ1v) is 10.9. The summed E-state index contributed by atoms with van der Waals surface area (Å²) >= 11 is 12.0. The highest BCUT2D eigenvalue weighted by molar-refractivity contribution is 7.92. The summed E-state index contributed by atoms with van der Waals surface area (Å²) in [6.45, 7) is 3.88. The molecule has 0 radical (unpaired) electrons. The molecule has 5 nitrogen and oxygen atoms in total. The summed E-state index contributed by atoms with van der Waals surface area (Å²) in [6.07, 6.45) is 0. The summed E-state index contributed by atoms with van der Waals surface area (Å²) < 4.78 is 28.0. The number of carbonyl (C=O) groups is 1. The van der Waals surface area contributed by atoms with Crippen molar-refractivity contribution in [1.29, 1.82) is 0 Å². The molecule has 0 heterocycles. The van der Waals surface area contributed by atoms with Gasteiger partial charge in [0.2, 0.25) is 0 Å². The Morgan fingerprint density at radius 3 is 2.31 bits per heavy atom. The monoisotopic (exact) mass is 448 g/mol. The van der Waals surface area contributed by atoms with Crippen molar-refractivity contribution in [3.05, 3.63) is 87.4 Å². The number of hydrogen-bond donors (Lipinski definition) is 2. The van der Waals surface area contributed by atoms with Crippen LogP contribution in [-0.2, 0) is 10.0 Å². The quantitative estimate of drug-likeness (QED) is 0.528. The largest absolute Gasteiger partial charge is 0.322 e. The zero-order chi connectivity index (χ0) is 21.2. The van der Waals surface area contributed by atoms with Gasteiger partial charge in [0.15, 0.2) is 0 Å². The number of sulfonamides is 1. The van der Waals surface area contributed by atoms with Crippen LogP contribution in [-0.4, -0.2) is 14.3 Å². The van der Waals surface area contributed by atoms with Crippen molar-refractivity contribution >= 4 is 50.5 Å². The molecule has 29 heavy (non-hydrogen) atoms. The Morgan fingerprint density at radius 1 is 0.862 bits per heavy atom. The minimum atomic E-state index is -3.99. The highest BCUT2D eigenvalue weighted by Gasteiger charge is 2.20. The Balaban J connectivity index is 1.87. The maximum Gasteiger partial charge on any atom is 0.263 e. The molecule has 150 valence electrons. The first kappa shape index (κ1) is 21.2. The van der Waals surface area contributed by atoms with Crippen LogP contribution in [0.25, 0.3) is 0 Å². The zero-order valence-electron chi connectivity index (χ0n) is 15.7. The molecule has 1 amide bonds. The van der Waals surface area contributed by atoms with Crippen molar-refractivity contribution in [1.82, 2.24) is 0 Å². The summed E-state index contributed by atoms with van der Waals surface area (Å²) in [5, 5.41) is 3.13. The van der Waals surface area contributed by atoms with E-state index in [0.29, 0.717) is 22.0 Å². The number of rotatable bonds is 5. The summed E-state index contributed by atoms with van der Waals surface area (Å²) in [6, 6.07) is 15.9. The molecule has 0 aliphatic heterocycles. The van der Waals surface area contributed by atoms with E-state index in [1.54, 1.807) is 36.4 Å². The van der Waals surface area contributed by atoms with Crippen LogP contribution in [0.4, 0.5) is 11.4 Å². The van der Waals surface area contributed by atoms with Gasteiger partial charge in [0.25, 0.3) is 15.9 Å². The molecular weight excluding hydrogens is 431 g/mol. The van der Waals surface area contributed by atoms with Crippen LogP contribution in [0, 0.1) is 13.8 Å². The second-order valence-electron chi connectivity index (χ2n) is 6.51. The van der Waals surface area contributed by atoms with Gasteiger partial charge in [-0.3, -0.25) is 9.52 Å². The first-order chi connectivity index (χ1) is 13.7. The van der Waals surface area contributed by atoms with Gasteiger partial charge in [-0.25, -0.2) is 8.42 Å². The van der Waals surface area contributed by atoms with Crippen LogP contribution >= 0.6 is 23.2 Å². The number of hydrogen-bond acceptors (Lipinski definition) is 3. The Hall–Kier alpha value is -2.54. The summed E-state index contributed by atoms with van der Waals surface area (Å²) in [5.74, 6) is -0.346. The van der Waals surface area contributed by atoms with E-state index in [4.69, 9.17) is 23.2 Å². The van der Waals surface area contributed by atoms with Crippen LogP contribution in [0.1, 0.15) is 21.5 Å². The minimum Gasteiger partial charge on any atom is -0.322 e. The van der Waals surface area contributed by atoms with E-state index in [-0.39, 0.29) is 15.8 Å². The van der Waals surface area contributed by atoms with Gasteiger partial charge in [0, 0.05) is 16.3 Å². The molecule has 0 aliphatic carbocycles.